The molecule has 0 radical (unpaired) electrons. The molecule has 1 aliphatic heterocycles. The second-order valence-electron chi connectivity index (χ2n) is 8.14. The number of ketones is 1. The maximum atomic E-state index is 13.4. The molecule has 1 aromatic heterocycles. The smallest absolute Gasteiger partial charge is 0.301 e. The lowest BCUT2D eigenvalue weighted by Crippen LogP contribution is -2.29. The van der Waals surface area contributed by atoms with Crippen molar-refractivity contribution in [1.82, 2.24) is 4.98 Å². The highest BCUT2D eigenvalue weighted by atomic mass is 32.1. The lowest BCUT2D eigenvalue weighted by atomic mass is 9.95. The van der Waals surface area contributed by atoms with Crippen molar-refractivity contribution in [3.8, 4) is 11.5 Å². The SMILES string of the molecule is COc1ccc(/C(O)=C2\C(=O)C(=O)N(c3nc4ccc(C)cc4s3)[C@H]2c2ccc(OC)cc2)cc1. The van der Waals surface area contributed by atoms with E-state index in [-0.39, 0.29) is 11.3 Å². The van der Waals surface area contributed by atoms with Crippen molar-refractivity contribution in [2.24, 2.45) is 0 Å². The van der Waals surface area contributed by atoms with E-state index in [1.807, 2.05) is 25.1 Å². The summed E-state index contributed by atoms with van der Waals surface area (Å²) in [4.78, 5) is 32.7. The first-order valence-corrected chi connectivity index (χ1v) is 11.7. The molecule has 0 unspecified atom stereocenters. The predicted octanol–water partition coefficient (Wildman–Crippen LogP) is 5.25. The van der Waals surface area contributed by atoms with E-state index in [9.17, 15) is 14.7 Å². The molecule has 0 saturated carbocycles. The molecule has 8 heteroatoms. The van der Waals surface area contributed by atoms with Crippen molar-refractivity contribution in [1.29, 1.82) is 0 Å². The molecule has 1 fully saturated rings. The van der Waals surface area contributed by atoms with Gasteiger partial charge >= 0.3 is 5.91 Å². The molecule has 0 bridgehead atoms. The van der Waals surface area contributed by atoms with Crippen molar-refractivity contribution in [3.63, 3.8) is 0 Å². The number of aliphatic hydroxyl groups excluding tert-OH is 1. The van der Waals surface area contributed by atoms with Gasteiger partial charge in [-0.2, -0.15) is 0 Å². The van der Waals surface area contributed by atoms with E-state index in [1.54, 1.807) is 62.8 Å². The number of thiazole rings is 1. The molecule has 35 heavy (non-hydrogen) atoms. The number of aryl methyl sites for hydroxylation is 1. The Morgan fingerprint density at radius 3 is 2.20 bits per heavy atom. The van der Waals surface area contributed by atoms with Gasteiger partial charge in [-0.25, -0.2) is 4.98 Å². The fourth-order valence-corrected chi connectivity index (χ4v) is 5.25. The van der Waals surface area contributed by atoms with Crippen LogP contribution in [0.5, 0.6) is 11.5 Å². The van der Waals surface area contributed by atoms with Crippen LogP contribution in [-0.2, 0) is 9.59 Å². The predicted molar refractivity (Wildman–Crippen MR) is 135 cm³/mol. The van der Waals surface area contributed by atoms with Crippen LogP contribution >= 0.6 is 11.3 Å². The summed E-state index contributed by atoms with van der Waals surface area (Å²) in [6.07, 6.45) is 0. The van der Waals surface area contributed by atoms with Crippen LogP contribution in [0.2, 0.25) is 0 Å². The number of carbonyl (C=O) groups is 2. The minimum atomic E-state index is -0.857. The van der Waals surface area contributed by atoms with Gasteiger partial charge in [0.1, 0.15) is 17.3 Å². The molecule has 0 spiro atoms. The van der Waals surface area contributed by atoms with Gasteiger partial charge in [0.15, 0.2) is 5.13 Å². The lowest BCUT2D eigenvalue weighted by Gasteiger charge is -2.23. The Morgan fingerprint density at radius 2 is 1.57 bits per heavy atom. The number of nitrogens with zero attached hydrogens (tertiary/aromatic N) is 2. The Kier molecular flexibility index (Phi) is 5.74. The first-order valence-electron chi connectivity index (χ1n) is 10.9. The van der Waals surface area contributed by atoms with Gasteiger partial charge in [-0.15, -0.1) is 0 Å². The number of amides is 1. The fraction of sp³-hybridized carbons (Fsp3) is 0.148. The number of aliphatic hydroxyl groups is 1. The zero-order valence-corrected chi connectivity index (χ0v) is 20.1. The number of fused-ring (bicyclic) bond motifs is 1. The summed E-state index contributed by atoms with van der Waals surface area (Å²) in [5.41, 5.74) is 2.86. The quantitative estimate of drug-likeness (QED) is 0.236. The molecule has 1 N–H and O–H groups in total. The van der Waals surface area contributed by atoms with E-state index < -0.39 is 17.7 Å². The second kappa shape index (κ2) is 8.88. The van der Waals surface area contributed by atoms with Gasteiger partial charge in [-0.05, 0) is 66.6 Å². The molecule has 1 amide bonds. The molecule has 0 aliphatic carbocycles. The Morgan fingerprint density at radius 1 is 0.943 bits per heavy atom. The molecule has 7 nitrogen and oxygen atoms in total. The minimum Gasteiger partial charge on any atom is -0.507 e. The molecular formula is C27H22N2O5S. The van der Waals surface area contributed by atoms with Crippen LogP contribution in [0.15, 0.2) is 72.3 Å². The van der Waals surface area contributed by atoms with Crippen LogP contribution in [0.25, 0.3) is 16.0 Å². The number of aromatic nitrogens is 1. The first kappa shape index (κ1) is 22.6. The summed E-state index contributed by atoms with van der Waals surface area (Å²) in [5.74, 6) is -0.521. The number of carbonyl (C=O) groups excluding carboxylic acids is 2. The van der Waals surface area contributed by atoms with Gasteiger partial charge in [-0.3, -0.25) is 14.5 Å². The fourth-order valence-electron chi connectivity index (χ4n) is 4.16. The molecule has 176 valence electrons. The zero-order chi connectivity index (χ0) is 24.7. The summed E-state index contributed by atoms with van der Waals surface area (Å²) < 4.78 is 11.4. The topological polar surface area (TPSA) is 89.0 Å². The molecule has 1 aliphatic rings. The van der Waals surface area contributed by atoms with Crippen LogP contribution < -0.4 is 14.4 Å². The van der Waals surface area contributed by atoms with Gasteiger partial charge in [0.2, 0.25) is 0 Å². The zero-order valence-electron chi connectivity index (χ0n) is 19.3. The Labute approximate surface area is 205 Å². The lowest BCUT2D eigenvalue weighted by molar-refractivity contribution is -0.132. The van der Waals surface area contributed by atoms with Crippen molar-refractivity contribution in [2.75, 3.05) is 19.1 Å². The van der Waals surface area contributed by atoms with Crippen LogP contribution in [0.3, 0.4) is 0 Å². The highest BCUT2D eigenvalue weighted by Gasteiger charge is 2.48. The standard InChI is InChI=1S/C27H22N2O5S/c1-15-4-13-20-21(14-15)35-27(28-20)29-23(16-5-9-18(33-2)10-6-16)22(25(31)26(29)32)24(30)17-7-11-19(34-3)12-8-17/h4-14,23,30H,1-3H3/b24-22+/t23-/m0/s1. The highest BCUT2D eigenvalue weighted by Crippen LogP contribution is 2.44. The average Bonchev–Trinajstić information content (AvgIpc) is 3.41. The highest BCUT2D eigenvalue weighted by molar-refractivity contribution is 7.22. The third-order valence-corrected chi connectivity index (χ3v) is 7.00. The number of hydrogen-bond donors (Lipinski definition) is 1. The molecule has 1 atom stereocenters. The number of anilines is 1. The summed E-state index contributed by atoms with van der Waals surface area (Å²) in [7, 11) is 3.11. The van der Waals surface area contributed by atoms with E-state index in [1.165, 1.54) is 16.2 Å². The summed E-state index contributed by atoms with van der Waals surface area (Å²) in [6.45, 7) is 1.98. The number of hydrogen-bond acceptors (Lipinski definition) is 7. The van der Waals surface area contributed by atoms with Crippen LogP contribution in [0.4, 0.5) is 5.13 Å². The summed E-state index contributed by atoms with van der Waals surface area (Å²) in [6, 6.07) is 18.7. The third kappa shape index (κ3) is 3.91. The molecular weight excluding hydrogens is 464 g/mol. The van der Waals surface area contributed by atoms with Crippen molar-refractivity contribution >= 4 is 44.1 Å². The maximum Gasteiger partial charge on any atom is 0.301 e. The largest absolute Gasteiger partial charge is 0.507 e. The first-order chi connectivity index (χ1) is 16.9. The normalized spacial score (nSPS) is 17.2. The van der Waals surface area contributed by atoms with Crippen molar-refractivity contribution < 1.29 is 24.2 Å². The minimum absolute atomic E-state index is 0.000713. The third-order valence-electron chi connectivity index (χ3n) is 5.98. The Hall–Kier alpha value is -4.17. The van der Waals surface area contributed by atoms with E-state index in [2.05, 4.69) is 4.98 Å². The van der Waals surface area contributed by atoms with Crippen LogP contribution in [0.1, 0.15) is 22.7 Å². The van der Waals surface area contributed by atoms with Gasteiger partial charge < -0.3 is 14.6 Å². The number of ether oxygens (including phenoxy) is 2. The number of benzene rings is 3. The Balaban J connectivity index is 1.70. The number of Topliss-reactive ketones (excluding diaryl/α,β-unsaturated/α-hetero) is 1. The van der Waals surface area contributed by atoms with E-state index >= 15 is 0 Å². The maximum absolute atomic E-state index is 13.4. The average molecular weight is 487 g/mol. The molecule has 2 heterocycles. The molecule has 1 saturated heterocycles. The molecule has 3 aromatic carbocycles. The molecule has 4 aromatic rings. The van der Waals surface area contributed by atoms with Crippen molar-refractivity contribution in [3.05, 3.63) is 89.0 Å². The number of methoxy groups -OCH3 is 2. The van der Waals surface area contributed by atoms with Gasteiger partial charge in [-0.1, -0.05) is 29.5 Å². The van der Waals surface area contributed by atoms with Gasteiger partial charge in [0.25, 0.3) is 5.78 Å². The monoisotopic (exact) mass is 486 g/mol. The van der Waals surface area contributed by atoms with Gasteiger partial charge in [0.05, 0.1) is 36.1 Å². The van der Waals surface area contributed by atoms with Crippen LogP contribution in [0, 0.1) is 6.92 Å². The van der Waals surface area contributed by atoms with E-state index in [0.29, 0.717) is 27.8 Å². The summed E-state index contributed by atoms with van der Waals surface area (Å²) >= 11 is 1.33. The van der Waals surface area contributed by atoms with Crippen LogP contribution in [-0.4, -0.2) is 36.0 Å². The summed E-state index contributed by atoms with van der Waals surface area (Å²) in [5, 5.41) is 11.6. The van der Waals surface area contributed by atoms with E-state index in [0.717, 1.165) is 15.8 Å². The van der Waals surface area contributed by atoms with Gasteiger partial charge in [0, 0.05) is 5.56 Å². The van der Waals surface area contributed by atoms with Crippen molar-refractivity contribution in [2.45, 2.75) is 13.0 Å². The second-order valence-corrected chi connectivity index (χ2v) is 9.15. The number of rotatable bonds is 5. The Bertz CT molecular complexity index is 1470. The van der Waals surface area contributed by atoms with E-state index in [4.69, 9.17) is 9.47 Å². The molecule has 5 rings (SSSR count).